The summed E-state index contributed by atoms with van der Waals surface area (Å²) in [5.41, 5.74) is 8.56. The Kier molecular flexibility index (Phi) is 5.14. The number of nitrogens with one attached hydrogen (secondary N) is 2. The Morgan fingerprint density at radius 1 is 1.30 bits per heavy atom. The van der Waals surface area contributed by atoms with Crippen molar-refractivity contribution in [1.29, 1.82) is 0 Å². The smallest absolute Gasteiger partial charge is 0.256 e. The van der Waals surface area contributed by atoms with Gasteiger partial charge in [0, 0.05) is 16.9 Å². The van der Waals surface area contributed by atoms with Crippen molar-refractivity contribution in [2.75, 3.05) is 5.32 Å². The summed E-state index contributed by atoms with van der Waals surface area (Å²) in [5.74, 6) is 0.0726. The molecule has 0 saturated heterocycles. The number of carbonyl (C=O) groups is 1. The van der Waals surface area contributed by atoms with Gasteiger partial charge in [-0.3, -0.25) is 9.89 Å². The van der Waals surface area contributed by atoms with Crippen LogP contribution in [-0.4, -0.2) is 27.4 Å². The van der Waals surface area contributed by atoms with Gasteiger partial charge < -0.3 is 16.2 Å². The number of aromatic amines is 1. The number of aryl methyl sites for hydroxylation is 2. The van der Waals surface area contributed by atoms with Crippen LogP contribution in [0.3, 0.4) is 0 Å². The quantitative estimate of drug-likeness (QED) is 0.498. The van der Waals surface area contributed by atoms with E-state index in [1.54, 1.807) is 56.5 Å². The molecule has 3 aromatic rings. The molecule has 0 atom stereocenters. The minimum Gasteiger partial charge on any atom is -0.507 e. The summed E-state index contributed by atoms with van der Waals surface area (Å²) in [6.07, 6.45) is 1.57. The van der Waals surface area contributed by atoms with Gasteiger partial charge >= 0.3 is 0 Å². The number of nitrogens with zero attached hydrogens (tertiary/aromatic N) is 2. The number of hydrogen-bond donors (Lipinski definition) is 4. The molecule has 0 radical (unpaired) electrons. The van der Waals surface area contributed by atoms with Crippen molar-refractivity contribution in [1.82, 2.24) is 10.2 Å². The monoisotopic (exact) mass is 383 g/mol. The minimum atomic E-state index is -0.668. The maximum absolute atomic E-state index is 11.9. The highest BCUT2D eigenvalue weighted by atomic mass is 35.5. The molecule has 2 aromatic carbocycles. The van der Waals surface area contributed by atoms with E-state index in [2.05, 4.69) is 20.5 Å². The molecule has 3 rings (SSSR count). The highest BCUT2D eigenvalue weighted by Gasteiger charge is 2.18. The van der Waals surface area contributed by atoms with Crippen molar-refractivity contribution in [2.45, 2.75) is 13.8 Å². The SMILES string of the molecule is Cc1cc(/C=N/c2[nH]nc(Nc3cccc(Cl)c3)c2C(N)=O)cc(C)c1O. The van der Waals surface area contributed by atoms with Crippen LogP contribution in [0.5, 0.6) is 5.75 Å². The molecule has 0 fully saturated rings. The fraction of sp³-hybridized carbons (Fsp3) is 0.105. The second-order valence-corrected chi connectivity index (χ2v) is 6.49. The van der Waals surface area contributed by atoms with E-state index in [9.17, 15) is 9.90 Å². The molecule has 5 N–H and O–H groups in total. The van der Waals surface area contributed by atoms with Crippen LogP contribution in [-0.2, 0) is 0 Å². The number of benzene rings is 2. The standard InChI is InChI=1S/C19H18ClN5O2/c1-10-6-12(7-11(2)16(10)26)9-22-18-15(17(21)27)19(25-24-18)23-14-5-3-4-13(20)8-14/h3-9,26H,1-2H3,(H2,21,27)(H2,23,24,25)/b22-9+. The molecule has 1 amide bonds. The summed E-state index contributed by atoms with van der Waals surface area (Å²) >= 11 is 5.97. The fourth-order valence-electron chi connectivity index (χ4n) is 2.66. The van der Waals surface area contributed by atoms with Crippen molar-refractivity contribution in [3.05, 3.63) is 63.7 Å². The zero-order chi connectivity index (χ0) is 19.6. The number of aliphatic imine (C=N–C) groups is 1. The number of anilines is 2. The third-order valence-electron chi connectivity index (χ3n) is 3.94. The number of carbonyl (C=O) groups excluding carboxylic acids is 1. The summed E-state index contributed by atoms with van der Waals surface area (Å²) in [5, 5.41) is 20.2. The Hall–Kier alpha value is -3.32. The number of amides is 1. The molecule has 7 nitrogen and oxygen atoms in total. The first-order valence-corrected chi connectivity index (χ1v) is 8.48. The molecule has 0 aliphatic carbocycles. The number of hydrogen-bond acceptors (Lipinski definition) is 5. The number of H-pyrrole nitrogens is 1. The zero-order valence-electron chi connectivity index (χ0n) is 14.7. The van der Waals surface area contributed by atoms with Crippen LogP contribution in [0.4, 0.5) is 17.3 Å². The first kappa shape index (κ1) is 18.5. The van der Waals surface area contributed by atoms with Crippen molar-refractivity contribution in [2.24, 2.45) is 10.7 Å². The van der Waals surface area contributed by atoms with E-state index in [-0.39, 0.29) is 22.9 Å². The van der Waals surface area contributed by atoms with Gasteiger partial charge in [0.05, 0.1) is 0 Å². The first-order chi connectivity index (χ1) is 12.8. The van der Waals surface area contributed by atoms with Crippen molar-refractivity contribution in [3.63, 3.8) is 0 Å². The van der Waals surface area contributed by atoms with Gasteiger partial charge in [0.15, 0.2) is 11.6 Å². The molecular weight excluding hydrogens is 366 g/mol. The average Bonchev–Trinajstić information content (AvgIpc) is 3.00. The largest absolute Gasteiger partial charge is 0.507 e. The van der Waals surface area contributed by atoms with Crippen molar-refractivity contribution in [3.8, 4) is 5.75 Å². The van der Waals surface area contributed by atoms with Gasteiger partial charge in [0.25, 0.3) is 5.91 Å². The molecule has 1 aromatic heterocycles. The van der Waals surface area contributed by atoms with Crippen LogP contribution in [0.15, 0.2) is 41.4 Å². The fourth-order valence-corrected chi connectivity index (χ4v) is 2.85. The second kappa shape index (κ2) is 7.51. The van der Waals surface area contributed by atoms with Gasteiger partial charge in [-0.05, 0) is 60.9 Å². The highest BCUT2D eigenvalue weighted by molar-refractivity contribution is 6.30. The molecule has 0 saturated carbocycles. The summed E-state index contributed by atoms with van der Waals surface area (Å²) < 4.78 is 0. The molecule has 0 aliphatic heterocycles. The molecule has 0 unspecified atom stereocenters. The Balaban J connectivity index is 1.92. The lowest BCUT2D eigenvalue weighted by Crippen LogP contribution is -2.12. The molecule has 0 aliphatic rings. The lowest BCUT2D eigenvalue weighted by atomic mass is 10.1. The highest BCUT2D eigenvalue weighted by Crippen LogP contribution is 2.28. The predicted octanol–water partition coefficient (Wildman–Crippen LogP) is 3.98. The van der Waals surface area contributed by atoms with Gasteiger partial charge in [-0.25, -0.2) is 4.99 Å². The van der Waals surface area contributed by atoms with Gasteiger partial charge in [-0.2, -0.15) is 5.10 Å². The Labute approximate surface area is 160 Å². The predicted molar refractivity (Wildman–Crippen MR) is 107 cm³/mol. The number of nitrogens with two attached hydrogens (primary N) is 1. The van der Waals surface area contributed by atoms with E-state index in [1.165, 1.54) is 0 Å². The van der Waals surface area contributed by atoms with Crippen LogP contribution < -0.4 is 11.1 Å². The Morgan fingerprint density at radius 3 is 2.63 bits per heavy atom. The van der Waals surface area contributed by atoms with E-state index >= 15 is 0 Å². The van der Waals surface area contributed by atoms with Crippen LogP contribution >= 0.6 is 11.6 Å². The van der Waals surface area contributed by atoms with Gasteiger partial charge in [-0.15, -0.1) is 0 Å². The van der Waals surface area contributed by atoms with Crippen LogP contribution in [0, 0.1) is 13.8 Å². The van der Waals surface area contributed by atoms with Crippen LogP contribution in [0.25, 0.3) is 0 Å². The lowest BCUT2D eigenvalue weighted by molar-refractivity contribution is 0.100. The van der Waals surface area contributed by atoms with E-state index in [0.29, 0.717) is 10.7 Å². The molecule has 8 heteroatoms. The second-order valence-electron chi connectivity index (χ2n) is 6.06. The topological polar surface area (TPSA) is 116 Å². The van der Waals surface area contributed by atoms with Gasteiger partial charge in [0.1, 0.15) is 11.3 Å². The maximum Gasteiger partial charge on any atom is 0.256 e. The molecular formula is C19H18ClN5O2. The molecule has 1 heterocycles. The van der Waals surface area contributed by atoms with E-state index in [4.69, 9.17) is 17.3 Å². The first-order valence-electron chi connectivity index (χ1n) is 8.10. The summed E-state index contributed by atoms with van der Waals surface area (Å²) in [6, 6.07) is 10.6. The number of rotatable bonds is 5. The number of phenolic OH excluding ortho intramolecular Hbond substituents is 1. The molecule has 138 valence electrons. The van der Waals surface area contributed by atoms with Gasteiger partial charge in [-0.1, -0.05) is 17.7 Å². The third kappa shape index (κ3) is 4.09. The van der Waals surface area contributed by atoms with E-state index in [0.717, 1.165) is 16.7 Å². The number of aromatic hydroxyl groups is 1. The molecule has 0 bridgehead atoms. The van der Waals surface area contributed by atoms with Crippen molar-refractivity contribution >= 4 is 41.0 Å². The lowest BCUT2D eigenvalue weighted by Gasteiger charge is -2.05. The van der Waals surface area contributed by atoms with E-state index in [1.807, 2.05) is 0 Å². The molecule has 27 heavy (non-hydrogen) atoms. The number of aromatic nitrogens is 2. The average molecular weight is 384 g/mol. The van der Waals surface area contributed by atoms with E-state index < -0.39 is 5.91 Å². The Morgan fingerprint density at radius 2 is 2.00 bits per heavy atom. The van der Waals surface area contributed by atoms with Crippen LogP contribution in [0.1, 0.15) is 27.0 Å². The maximum atomic E-state index is 11.9. The Bertz CT molecular complexity index is 1020. The normalized spacial score (nSPS) is 11.1. The molecule has 0 spiro atoms. The summed E-state index contributed by atoms with van der Waals surface area (Å²) in [7, 11) is 0. The summed E-state index contributed by atoms with van der Waals surface area (Å²) in [4.78, 5) is 16.2. The number of primary amides is 1. The van der Waals surface area contributed by atoms with Gasteiger partial charge in [0.2, 0.25) is 0 Å². The minimum absolute atomic E-state index is 0.137. The van der Waals surface area contributed by atoms with Crippen LogP contribution in [0.2, 0.25) is 5.02 Å². The summed E-state index contributed by atoms with van der Waals surface area (Å²) in [6.45, 7) is 3.61. The third-order valence-corrected chi connectivity index (χ3v) is 4.17. The zero-order valence-corrected chi connectivity index (χ0v) is 15.5. The number of halogens is 1. The number of phenols is 1. The van der Waals surface area contributed by atoms with Crippen molar-refractivity contribution < 1.29 is 9.90 Å².